The smallest absolute Gasteiger partial charge is 0.257 e. The normalized spacial score (nSPS) is 13.0. The first-order chi connectivity index (χ1) is 10.5. The number of nitrogens with two attached hydrogens (primary N) is 1. The van der Waals surface area contributed by atoms with Crippen molar-refractivity contribution >= 4 is 62.3 Å². The molecule has 0 spiro atoms. The average molecular weight is 447 g/mol. The Balaban J connectivity index is 1.95. The molecule has 1 aromatic carbocycles. The van der Waals surface area contributed by atoms with E-state index in [-0.39, 0.29) is 5.91 Å². The second-order valence-corrected chi connectivity index (χ2v) is 7.76. The number of thiophene rings is 1. The highest BCUT2D eigenvalue weighted by Crippen LogP contribution is 2.39. The van der Waals surface area contributed by atoms with Gasteiger partial charge < -0.3 is 11.1 Å². The number of aryl methyl sites for hydroxylation is 1. The van der Waals surface area contributed by atoms with E-state index in [1.165, 1.54) is 11.3 Å². The summed E-state index contributed by atoms with van der Waals surface area (Å²) in [5.74, 6) is -0.825. The molecule has 0 unspecified atom stereocenters. The van der Waals surface area contributed by atoms with Crippen LogP contribution in [0.2, 0.25) is 5.02 Å². The molecule has 2 aromatic rings. The summed E-state index contributed by atoms with van der Waals surface area (Å²) >= 11 is 9.63. The van der Waals surface area contributed by atoms with Gasteiger partial charge in [0.15, 0.2) is 0 Å². The van der Waals surface area contributed by atoms with Gasteiger partial charge in [0.25, 0.3) is 11.8 Å². The molecule has 0 fully saturated rings. The topological polar surface area (TPSA) is 72.2 Å². The largest absolute Gasteiger partial charge is 0.365 e. The van der Waals surface area contributed by atoms with Crippen LogP contribution in [0.3, 0.4) is 0 Å². The van der Waals surface area contributed by atoms with Crippen LogP contribution in [0, 0.1) is 3.57 Å². The molecule has 0 aliphatic heterocycles. The van der Waals surface area contributed by atoms with E-state index < -0.39 is 5.91 Å². The van der Waals surface area contributed by atoms with Crippen molar-refractivity contribution < 1.29 is 9.59 Å². The second kappa shape index (κ2) is 6.17. The lowest BCUT2D eigenvalue weighted by Crippen LogP contribution is -2.18. The van der Waals surface area contributed by atoms with Gasteiger partial charge in [0.1, 0.15) is 5.00 Å². The number of nitrogens with one attached hydrogen (secondary N) is 1. The number of amides is 2. The minimum atomic E-state index is -0.497. The Morgan fingerprint density at radius 3 is 2.82 bits per heavy atom. The first-order valence-corrected chi connectivity index (χ1v) is 8.95. The molecule has 2 amide bonds. The maximum atomic E-state index is 12.4. The molecule has 1 aromatic heterocycles. The molecule has 1 heterocycles. The fourth-order valence-corrected chi connectivity index (χ4v) is 4.58. The van der Waals surface area contributed by atoms with Crippen molar-refractivity contribution in [1.29, 1.82) is 0 Å². The average Bonchev–Trinajstić information content (AvgIpc) is 3.01. The zero-order valence-electron chi connectivity index (χ0n) is 11.4. The number of anilines is 1. The molecule has 0 saturated carbocycles. The lowest BCUT2D eigenvalue weighted by Gasteiger charge is -2.08. The fraction of sp³-hybridized carbons (Fsp3) is 0.200. The summed E-state index contributed by atoms with van der Waals surface area (Å²) in [6.45, 7) is 0. The van der Waals surface area contributed by atoms with Crippen molar-refractivity contribution in [2.24, 2.45) is 5.73 Å². The molecule has 7 heteroatoms. The van der Waals surface area contributed by atoms with E-state index >= 15 is 0 Å². The van der Waals surface area contributed by atoms with Crippen LogP contribution in [-0.2, 0) is 12.8 Å². The zero-order valence-corrected chi connectivity index (χ0v) is 15.1. The van der Waals surface area contributed by atoms with Crippen LogP contribution in [0.1, 0.15) is 37.6 Å². The first kappa shape index (κ1) is 15.8. The van der Waals surface area contributed by atoms with E-state index in [0.29, 0.717) is 21.2 Å². The van der Waals surface area contributed by atoms with E-state index in [1.807, 2.05) is 6.07 Å². The Kier molecular flexibility index (Phi) is 4.42. The highest BCUT2D eigenvalue weighted by Gasteiger charge is 2.26. The van der Waals surface area contributed by atoms with Crippen LogP contribution in [-0.4, -0.2) is 11.8 Å². The van der Waals surface area contributed by atoms with Crippen LogP contribution in [0.25, 0.3) is 0 Å². The number of hydrogen-bond acceptors (Lipinski definition) is 3. The number of fused-ring (bicyclic) bond motifs is 1. The van der Waals surface area contributed by atoms with Gasteiger partial charge in [-0.1, -0.05) is 11.6 Å². The standard InChI is InChI=1S/C15H12ClIN2O2S/c16-10-5-4-7(17)6-9(10)14(21)19-15-12(13(18)20)8-2-1-3-11(8)22-15/h4-6H,1-3H2,(H2,18,20)(H,19,21). The molecule has 3 rings (SSSR count). The van der Waals surface area contributed by atoms with Gasteiger partial charge >= 0.3 is 0 Å². The van der Waals surface area contributed by atoms with Gasteiger partial charge in [0.2, 0.25) is 0 Å². The summed E-state index contributed by atoms with van der Waals surface area (Å²) < 4.78 is 0.913. The molecule has 4 nitrogen and oxygen atoms in total. The van der Waals surface area contributed by atoms with Crippen LogP contribution >= 0.6 is 45.5 Å². The van der Waals surface area contributed by atoms with Crippen molar-refractivity contribution in [2.75, 3.05) is 5.32 Å². The Hall–Kier alpha value is -1.12. The van der Waals surface area contributed by atoms with Crippen molar-refractivity contribution in [3.8, 4) is 0 Å². The van der Waals surface area contributed by atoms with Gasteiger partial charge in [-0.2, -0.15) is 0 Å². The highest BCUT2D eigenvalue weighted by atomic mass is 127. The minimum Gasteiger partial charge on any atom is -0.365 e. The summed E-state index contributed by atoms with van der Waals surface area (Å²) in [6.07, 6.45) is 2.79. The number of carbonyl (C=O) groups excluding carboxylic acids is 2. The van der Waals surface area contributed by atoms with Gasteiger partial charge in [0.05, 0.1) is 16.1 Å². The summed E-state index contributed by atoms with van der Waals surface area (Å²) in [5.41, 5.74) is 7.32. The van der Waals surface area contributed by atoms with E-state index in [4.69, 9.17) is 17.3 Å². The molecular weight excluding hydrogens is 435 g/mol. The molecule has 0 atom stereocenters. The molecule has 3 N–H and O–H groups in total. The SMILES string of the molecule is NC(=O)c1c(NC(=O)c2cc(I)ccc2Cl)sc2c1CCC2. The molecule has 0 bridgehead atoms. The van der Waals surface area contributed by atoms with Crippen molar-refractivity contribution in [3.05, 3.63) is 48.4 Å². The number of rotatable bonds is 3. The van der Waals surface area contributed by atoms with Crippen molar-refractivity contribution in [2.45, 2.75) is 19.3 Å². The monoisotopic (exact) mass is 446 g/mol. The predicted octanol–water partition coefficient (Wildman–Crippen LogP) is 3.85. The molecule has 1 aliphatic rings. The predicted molar refractivity (Wildman–Crippen MR) is 97.0 cm³/mol. The molecule has 114 valence electrons. The Morgan fingerprint density at radius 2 is 2.09 bits per heavy atom. The highest BCUT2D eigenvalue weighted by molar-refractivity contribution is 14.1. The van der Waals surface area contributed by atoms with Gasteiger partial charge in [-0.05, 0) is 65.6 Å². The number of carbonyl (C=O) groups is 2. The second-order valence-electron chi connectivity index (χ2n) is 5.00. The first-order valence-electron chi connectivity index (χ1n) is 6.68. The molecule has 0 saturated heterocycles. The van der Waals surface area contributed by atoms with Crippen LogP contribution < -0.4 is 11.1 Å². The summed E-state index contributed by atoms with van der Waals surface area (Å²) in [6, 6.07) is 5.22. The fourth-order valence-electron chi connectivity index (χ4n) is 2.59. The van der Waals surface area contributed by atoms with Gasteiger partial charge in [0, 0.05) is 8.45 Å². The molecular formula is C15H12ClIN2O2S. The van der Waals surface area contributed by atoms with Crippen molar-refractivity contribution in [1.82, 2.24) is 0 Å². The maximum absolute atomic E-state index is 12.4. The molecule has 22 heavy (non-hydrogen) atoms. The van der Waals surface area contributed by atoms with Crippen LogP contribution in [0.15, 0.2) is 18.2 Å². The Labute approximate surface area is 150 Å². The number of primary amides is 1. The lowest BCUT2D eigenvalue weighted by atomic mass is 10.1. The van der Waals surface area contributed by atoms with E-state index in [9.17, 15) is 9.59 Å². The Morgan fingerprint density at radius 1 is 1.32 bits per heavy atom. The van der Waals surface area contributed by atoms with E-state index in [1.54, 1.807) is 12.1 Å². The lowest BCUT2D eigenvalue weighted by molar-refractivity contribution is 0.100. The number of benzene rings is 1. The third-order valence-electron chi connectivity index (χ3n) is 3.57. The van der Waals surface area contributed by atoms with Crippen molar-refractivity contribution in [3.63, 3.8) is 0 Å². The van der Waals surface area contributed by atoms with Gasteiger partial charge in [-0.3, -0.25) is 9.59 Å². The quantitative estimate of drug-likeness (QED) is 0.703. The number of halogens is 2. The van der Waals surface area contributed by atoms with Gasteiger partial charge in [-0.15, -0.1) is 11.3 Å². The van der Waals surface area contributed by atoms with Crippen LogP contribution in [0.4, 0.5) is 5.00 Å². The summed E-state index contributed by atoms with van der Waals surface area (Å²) in [7, 11) is 0. The minimum absolute atomic E-state index is 0.328. The number of hydrogen-bond donors (Lipinski definition) is 2. The third-order valence-corrected chi connectivity index (χ3v) is 5.78. The van der Waals surface area contributed by atoms with Gasteiger partial charge in [-0.25, -0.2) is 0 Å². The summed E-state index contributed by atoms with van der Waals surface area (Å²) in [5, 5.41) is 3.70. The summed E-state index contributed by atoms with van der Waals surface area (Å²) in [4.78, 5) is 25.3. The van der Waals surface area contributed by atoms with E-state index in [0.717, 1.165) is 33.3 Å². The maximum Gasteiger partial charge on any atom is 0.257 e. The van der Waals surface area contributed by atoms with Crippen LogP contribution in [0.5, 0.6) is 0 Å². The molecule has 0 radical (unpaired) electrons. The Bertz CT molecular complexity index is 788. The third kappa shape index (κ3) is 2.87. The zero-order chi connectivity index (χ0) is 15.9. The molecule has 1 aliphatic carbocycles. The van der Waals surface area contributed by atoms with E-state index in [2.05, 4.69) is 27.9 Å².